The molecule has 4 nitrogen and oxygen atoms in total. The molecule has 2 fully saturated rings. The molecule has 2 bridgehead atoms. The second-order valence-electron chi connectivity index (χ2n) is 4.46. The molecule has 2 aliphatic heterocycles. The molecule has 4 unspecified atom stereocenters. The minimum absolute atomic E-state index is 0.0459. The normalized spacial score (nSPS) is 35.0. The van der Waals surface area contributed by atoms with Gasteiger partial charge in [0.15, 0.2) is 6.29 Å². The van der Waals surface area contributed by atoms with Crippen LogP contribution < -0.4 is 0 Å². The molecule has 2 aliphatic rings. The number of thiophene rings is 1. The van der Waals surface area contributed by atoms with Gasteiger partial charge in [0.05, 0.1) is 23.7 Å². The minimum atomic E-state index is -0.265. The van der Waals surface area contributed by atoms with Crippen LogP contribution in [0.2, 0.25) is 4.34 Å². The number of hydrogen-bond donors (Lipinski definition) is 0. The van der Waals surface area contributed by atoms with Gasteiger partial charge in [-0.2, -0.15) is 0 Å². The standard InChI is InChI=1S/C12H15ClO4S/c1-14-8-4-9(12-16-6-10(8)17-12)15-5-7-2-3-18-11(7)13/h2-3,8-10,12H,4-6H2,1H3. The molecule has 2 saturated heterocycles. The van der Waals surface area contributed by atoms with Gasteiger partial charge in [-0.25, -0.2) is 0 Å². The molecule has 0 N–H and O–H groups in total. The van der Waals surface area contributed by atoms with Crippen molar-refractivity contribution in [3.63, 3.8) is 0 Å². The smallest absolute Gasteiger partial charge is 0.184 e. The number of hydrogen-bond acceptors (Lipinski definition) is 5. The Labute approximate surface area is 115 Å². The van der Waals surface area contributed by atoms with Gasteiger partial charge in [0.2, 0.25) is 0 Å². The Morgan fingerprint density at radius 3 is 3.11 bits per heavy atom. The maximum atomic E-state index is 6.04. The quantitative estimate of drug-likeness (QED) is 0.853. The van der Waals surface area contributed by atoms with E-state index >= 15 is 0 Å². The van der Waals surface area contributed by atoms with E-state index in [9.17, 15) is 0 Å². The summed E-state index contributed by atoms with van der Waals surface area (Å²) < 4.78 is 23.3. The Morgan fingerprint density at radius 1 is 1.50 bits per heavy atom. The number of ether oxygens (including phenoxy) is 4. The fourth-order valence-corrected chi connectivity index (χ4v) is 3.24. The predicted octanol–water partition coefficient (Wildman–Crippen LogP) is 2.45. The number of rotatable bonds is 4. The molecule has 0 spiro atoms. The number of halogens is 1. The summed E-state index contributed by atoms with van der Waals surface area (Å²) in [5, 5.41) is 1.96. The van der Waals surface area contributed by atoms with Gasteiger partial charge in [0.25, 0.3) is 0 Å². The average Bonchev–Trinajstić information content (AvgIpc) is 2.97. The molecule has 4 atom stereocenters. The highest BCUT2D eigenvalue weighted by Crippen LogP contribution is 2.32. The molecule has 0 aliphatic carbocycles. The van der Waals surface area contributed by atoms with E-state index in [1.54, 1.807) is 7.11 Å². The Kier molecular flexibility index (Phi) is 3.89. The zero-order valence-corrected chi connectivity index (χ0v) is 11.6. The number of methoxy groups -OCH3 is 1. The molecule has 100 valence electrons. The van der Waals surface area contributed by atoms with Crippen LogP contribution in [0.1, 0.15) is 12.0 Å². The van der Waals surface area contributed by atoms with Gasteiger partial charge in [-0.1, -0.05) is 11.6 Å². The first-order valence-electron chi connectivity index (χ1n) is 5.91. The van der Waals surface area contributed by atoms with Crippen molar-refractivity contribution in [3.8, 4) is 0 Å². The summed E-state index contributed by atoms with van der Waals surface area (Å²) in [7, 11) is 1.69. The summed E-state index contributed by atoms with van der Waals surface area (Å²) in [5.41, 5.74) is 1.01. The molecule has 0 amide bonds. The summed E-state index contributed by atoms with van der Waals surface area (Å²) in [6.07, 6.45) is 0.535. The second-order valence-corrected chi connectivity index (χ2v) is 5.97. The summed E-state index contributed by atoms with van der Waals surface area (Å²) >= 11 is 7.55. The van der Waals surface area contributed by atoms with Gasteiger partial charge >= 0.3 is 0 Å². The topological polar surface area (TPSA) is 36.9 Å². The maximum Gasteiger partial charge on any atom is 0.184 e. The summed E-state index contributed by atoms with van der Waals surface area (Å²) in [4.78, 5) is 0. The van der Waals surface area contributed by atoms with Gasteiger partial charge in [-0.05, 0) is 11.4 Å². The van der Waals surface area contributed by atoms with Crippen molar-refractivity contribution in [1.29, 1.82) is 0 Å². The Balaban J connectivity index is 1.60. The Hall–Kier alpha value is -0.170. The lowest BCUT2D eigenvalue weighted by atomic mass is 10.0. The van der Waals surface area contributed by atoms with Crippen LogP contribution in [0.4, 0.5) is 0 Å². The molecule has 3 heterocycles. The first-order valence-corrected chi connectivity index (χ1v) is 7.17. The van der Waals surface area contributed by atoms with Crippen LogP contribution in [0.15, 0.2) is 11.4 Å². The molecule has 1 aromatic rings. The fraction of sp³-hybridized carbons (Fsp3) is 0.667. The maximum absolute atomic E-state index is 6.04. The van der Waals surface area contributed by atoms with E-state index in [1.165, 1.54) is 11.3 Å². The van der Waals surface area contributed by atoms with E-state index in [0.717, 1.165) is 16.3 Å². The number of fused-ring (bicyclic) bond motifs is 2. The van der Waals surface area contributed by atoms with Crippen molar-refractivity contribution in [2.45, 2.75) is 37.6 Å². The molecule has 18 heavy (non-hydrogen) atoms. The van der Waals surface area contributed by atoms with Crippen LogP contribution in [0.5, 0.6) is 0 Å². The van der Waals surface area contributed by atoms with Crippen LogP contribution >= 0.6 is 22.9 Å². The SMILES string of the molecule is COC1CC(OCc2ccsc2Cl)C2OCC1O2. The van der Waals surface area contributed by atoms with E-state index in [-0.39, 0.29) is 24.6 Å². The zero-order valence-electron chi connectivity index (χ0n) is 10.0. The molecule has 0 radical (unpaired) electrons. The minimum Gasteiger partial charge on any atom is -0.379 e. The van der Waals surface area contributed by atoms with Gasteiger partial charge in [0.1, 0.15) is 12.2 Å². The van der Waals surface area contributed by atoms with Crippen LogP contribution in [0, 0.1) is 0 Å². The van der Waals surface area contributed by atoms with Crippen molar-refractivity contribution in [1.82, 2.24) is 0 Å². The van der Waals surface area contributed by atoms with Crippen LogP contribution in [0.3, 0.4) is 0 Å². The van der Waals surface area contributed by atoms with Crippen molar-refractivity contribution in [2.24, 2.45) is 0 Å². The van der Waals surface area contributed by atoms with E-state index < -0.39 is 0 Å². The largest absolute Gasteiger partial charge is 0.379 e. The average molecular weight is 291 g/mol. The molecule has 0 saturated carbocycles. The lowest BCUT2D eigenvalue weighted by Crippen LogP contribution is -2.43. The van der Waals surface area contributed by atoms with Crippen molar-refractivity contribution >= 4 is 22.9 Å². The second kappa shape index (κ2) is 5.45. The third-order valence-electron chi connectivity index (χ3n) is 3.37. The Morgan fingerprint density at radius 2 is 2.39 bits per heavy atom. The van der Waals surface area contributed by atoms with E-state index in [4.69, 9.17) is 30.5 Å². The monoisotopic (exact) mass is 290 g/mol. The summed E-state index contributed by atoms with van der Waals surface area (Å²) in [5.74, 6) is 0. The molecule has 1 aromatic heterocycles. The highest BCUT2D eigenvalue weighted by atomic mass is 35.5. The molecular formula is C12H15ClO4S. The Bertz CT molecular complexity index is 411. The highest BCUT2D eigenvalue weighted by Gasteiger charge is 2.44. The van der Waals surface area contributed by atoms with Crippen molar-refractivity contribution in [2.75, 3.05) is 13.7 Å². The van der Waals surface area contributed by atoms with Crippen molar-refractivity contribution in [3.05, 3.63) is 21.3 Å². The van der Waals surface area contributed by atoms with E-state index in [1.807, 2.05) is 11.4 Å². The molecule has 3 rings (SSSR count). The zero-order chi connectivity index (χ0) is 12.5. The third-order valence-corrected chi connectivity index (χ3v) is 4.62. The van der Waals surface area contributed by atoms with Gasteiger partial charge < -0.3 is 18.9 Å². The highest BCUT2D eigenvalue weighted by molar-refractivity contribution is 7.14. The molecule has 0 aromatic carbocycles. The van der Waals surface area contributed by atoms with E-state index in [2.05, 4.69) is 0 Å². The first-order chi connectivity index (χ1) is 8.78. The van der Waals surface area contributed by atoms with Gasteiger partial charge in [-0.15, -0.1) is 11.3 Å². The molecule has 6 heteroatoms. The van der Waals surface area contributed by atoms with Gasteiger partial charge in [-0.3, -0.25) is 0 Å². The van der Waals surface area contributed by atoms with Crippen LogP contribution in [-0.2, 0) is 25.6 Å². The van der Waals surface area contributed by atoms with Crippen LogP contribution in [0.25, 0.3) is 0 Å². The third kappa shape index (κ3) is 2.43. The van der Waals surface area contributed by atoms with E-state index in [0.29, 0.717) is 13.2 Å². The molecular weight excluding hydrogens is 276 g/mol. The summed E-state index contributed by atoms with van der Waals surface area (Å²) in [6.45, 7) is 1.07. The lowest BCUT2D eigenvalue weighted by Gasteiger charge is -2.32. The summed E-state index contributed by atoms with van der Waals surface area (Å²) in [6, 6.07) is 1.97. The van der Waals surface area contributed by atoms with Gasteiger partial charge in [0, 0.05) is 19.1 Å². The predicted molar refractivity (Wildman–Crippen MR) is 67.9 cm³/mol. The lowest BCUT2D eigenvalue weighted by molar-refractivity contribution is -0.205. The van der Waals surface area contributed by atoms with Crippen LogP contribution in [-0.4, -0.2) is 38.3 Å². The van der Waals surface area contributed by atoms with Crippen molar-refractivity contribution < 1.29 is 18.9 Å². The fourth-order valence-electron chi connectivity index (χ4n) is 2.34. The first kappa shape index (κ1) is 12.8.